The number of hydrogen-bond acceptors (Lipinski definition) is 7. The molecule has 1 N–H and O–H groups in total. The van der Waals surface area contributed by atoms with Crippen LogP contribution in [0.3, 0.4) is 0 Å². The lowest BCUT2D eigenvalue weighted by Gasteiger charge is -2.29. The summed E-state index contributed by atoms with van der Waals surface area (Å²) >= 11 is 0. The SMILES string of the molecule is C=CC(=O)Cc1cc(F)cc(-c2nc(Nc3cccc(N4CCCCC4)c3)ncc2Cc2ccc(N3CCOCC3)cc2)c1. The van der Waals surface area contributed by atoms with Gasteiger partial charge in [-0.05, 0) is 85.0 Å². The van der Waals surface area contributed by atoms with E-state index in [1.165, 1.54) is 48.8 Å². The maximum absolute atomic E-state index is 14.9. The van der Waals surface area contributed by atoms with E-state index in [0.717, 1.165) is 56.2 Å². The van der Waals surface area contributed by atoms with Crippen molar-refractivity contribution in [2.75, 3.05) is 54.5 Å². The minimum atomic E-state index is -0.419. The van der Waals surface area contributed by atoms with Gasteiger partial charge in [0.15, 0.2) is 5.78 Å². The largest absolute Gasteiger partial charge is 0.378 e. The molecule has 0 radical (unpaired) electrons. The van der Waals surface area contributed by atoms with Crippen molar-refractivity contribution in [2.45, 2.75) is 32.1 Å². The number of aromatic nitrogens is 2. The minimum absolute atomic E-state index is 0.0755. The molecular weight excluding hydrogens is 553 g/mol. The lowest BCUT2D eigenvalue weighted by Crippen LogP contribution is -2.36. The van der Waals surface area contributed by atoms with Gasteiger partial charge < -0.3 is 19.9 Å². The molecule has 2 saturated heterocycles. The molecule has 0 spiro atoms. The van der Waals surface area contributed by atoms with Gasteiger partial charge in [0.25, 0.3) is 0 Å². The van der Waals surface area contributed by atoms with E-state index in [0.29, 0.717) is 29.2 Å². The summed E-state index contributed by atoms with van der Waals surface area (Å²) in [5.74, 6) is -0.159. The molecule has 6 rings (SSSR count). The zero-order chi connectivity index (χ0) is 30.3. The Morgan fingerprint density at radius 2 is 1.68 bits per heavy atom. The molecule has 3 aromatic carbocycles. The van der Waals surface area contributed by atoms with Gasteiger partial charge >= 0.3 is 0 Å². The van der Waals surface area contributed by atoms with Crippen LogP contribution < -0.4 is 15.1 Å². The summed E-state index contributed by atoms with van der Waals surface area (Å²) in [6.07, 6.45) is 7.41. The molecule has 0 unspecified atom stereocenters. The van der Waals surface area contributed by atoms with E-state index in [1.54, 1.807) is 0 Å². The van der Waals surface area contributed by atoms with Crippen molar-refractivity contribution >= 4 is 28.8 Å². The lowest BCUT2D eigenvalue weighted by molar-refractivity contribution is -0.114. The number of ketones is 1. The van der Waals surface area contributed by atoms with Crippen LogP contribution >= 0.6 is 0 Å². The number of nitrogens with one attached hydrogen (secondary N) is 1. The molecule has 0 bridgehead atoms. The third kappa shape index (κ3) is 7.32. The molecule has 7 nitrogen and oxygen atoms in total. The van der Waals surface area contributed by atoms with Crippen molar-refractivity contribution in [1.82, 2.24) is 9.97 Å². The van der Waals surface area contributed by atoms with E-state index >= 15 is 0 Å². The van der Waals surface area contributed by atoms with Gasteiger partial charge in [-0.3, -0.25) is 4.79 Å². The van der Waals surface area contributed by atoms with E-state index in [-0.39, 0.29) is 12.2 Å². The Hall–Kier alpha value is -4.56. The maximum Gasteiger partial charge on any atom is 0.227 e. The Labute approximate surface area is 258 Å². The molecule has 2 aliphatic heterocycles. The van der Waals surface area contributed by atoms with E-state index in [9.17, 15) is 9.18 Å². The molecule has 44 heavy (non-hydrogen) atoms. The summed E-state index contributed by atoms with van der Waals surface area (Å²) in [7, 11) is 0. The number of piperidine rings is 1. The zero-order valence-corrected chi connectivity index (χ0v) is 25.0. The Bertz CT molecular complexity index is 1610. The normalized spacial score (nSPS) is 15.2. The lowest BCUT2D eigenvalue weighted by atomic mass is 9.98. The number of hydrogen-bond donors (Lipinski definition) is 1. The number of carbonyl (C=O) groups excluding carboxylic acids is 1. The number of carbonyl (C=O) groups is 1. The quantitative estimate of drug-likeness (QED) is 0.205. The summed E-state index contributed by atoms with van der Waals surface area (Å²) in [6.45, 7) is 8.90. The zero-order valence-electron chi connectivity index (χ0n) is 25.0. The Morgan fingerprint density at radius 3 is 2.45 bits per heavy atom. The molecule has 1 aromatic heterocycles. The van der Waals surface area contributed by atoms with Gasteiger partial charge in [-0.1, -0.05) is 24.8 Å². The summed E-state index contributed by atoms with van der Waals surface area (Å²) in [5, 5.41) is 3.37. The minimum Gasteiger partial charge on any atom is -0.378 e. The Balaban J connectivity index is 1.31. The number of nitrogens with zero attached hydrogens (tertiary/aromatic N) is 4. The van der Waals surface area contributed by atoms with Gasteiger partial charge in [-0.2, -0.15) is 0 Å². The smallest absolute Gasteiger partial charge is 0.227 e. The van der Waals surface area contributed by atoms with Crippen LogP contribution in [-0.4, -0.2) is 55.1 Å². The number of allylic oxidation sites excluding steroid dienone is 1. The van der Waals surface area contributed by atoms with Gasteiger partial charge in [0.05, 0.1) is 18.9 Å². The summed E-state index contributed by atoms with van der Waals surface area (Å²) in [6, 6.07) is 21.5. The van der Waals surface area contributed by atoms with Crippen molar-refractivity contribution in [3.05, 3.63) is 108 Å². The van der Waals surface area contributed by atoms with Crippen LogP contribution in [0.25, 0.3) is 11.3 Å². The van der Waals surface area contributed by atoms with Crippen molar-refractivity contribution in [3.63, 3.8) is 0 Å². The van der Waals surface area contributed by atoms with Crippen LogP contribution in [0.15, 0.2) is 85.6 Å². The van der Waals surface area contributed by atoms with Crippen LogP contribution in [0.2, 0.25) is 0 Å². The second-order valence-corrected chi connectivity index (χ2v) is 11.4. The molecule has 2 fully saturated rings. The number of benzene rings is 3. The van der Waals surface area contributed by atoms with Gasteiger partial charge in [-0.15, -0.1) is 0 Å². The average molecular weight is 592 g/mol. The van der Waals surface area contributed by atoms with Crippen molar-refractivity contribution in [1.29, 1.82) is 0 Å². The number of halogens is 1. The fourth-order valence-corrected chi connectivity index (χ4v) is 5.94. The highest BCUT2D eigenvalue weighted by atomic mass is 19.1. The molecule has 2 aliphatic rings. The molecule has 0 aliphatic carbocycles. The predicted molar refractivity (Wildman–Crippen MR) is 174 cm³/mol. The van der Waals surface area contributed by atoms with Crippen molar-refractivity contribution < 1.29 is 13.9 Å². The monoisotopic (exact) mass is 591 g/mol. The van der Waals surface area contributed by atoms with Crippen LogP contribution in [-0.2, 0) is 22.4 Å². The summed E-state index contributed by atoms with van der Waals surface area (Å²) < 4.78 is 20.4. The first-order chi connectivity index (χ1) is 21.5. The van der Waals surface area contributed by atoms with E-state index in [1.807, 2.05) is 24.4 Å². The van der Waals surface area contributed by atoms with Gasteiger partial charge in [0.2, 0.25) is 5.95 Å². The number of rotatable bonds is 10. The second kappa shape index (κ2) is 13.8. The summed E-state index contributed by atoms with van der Waals surface area (Å²) in [5.41, 5.74) is 7.00. The van der Waals surface area contributed by atoms with Crippen LogP contribution in [0.4, 0.5) is 27.4 Å². The highest BCUT2D eigenvalue weighted by molar-refractivity contribution is 5.91. The Kier molecular flexibility index (Phi) is 9.27. The van der Waals surface area contributed by atoms with E-state index < -0.39 is 5.82 Å². The first kappa shape index (κ1) is 29.5. The standard InChI is InChI=1S/C36H38FN5O2/c1-2-34(43)22-27-20-28(23-30(37)21-27)35-29(19-26-9-11-32(12-10-26)42-15-17-44-18-16-42)25-38-36(40-35)39-31-7-6-8-33(24-31)41-13-4-3-5-14-41/h2,6-12,20-21,23-25H,1,3-5,13-19,22H2,(H,38,39,40). The fraction of sp³-hybridized carbons (Fsp3) is 0.306. The summed E-state index contributed by atoms with van der Waals surface area (Å²) in [4.78, 5) is 26.4. The maximum atomic E-state index is 14.9. The molecule has 8 heteroatoms. The molecule has 4 aromatic rings. The number of morpholine rings is 1. The topological polar surface area (TPSA) is 70.6 Å². The van der Waals surface area contributed by atoms with Crippen molar-refractivity contribution in [2.24, 2.45) is 0 Å². The molecule has 0 saturated carbocycles. The third-order valence-corrected chi connectivity index (χ3v) is 8.23. The predicted octanol–water partition coefficient (Wildman–Crippen LogP) is 6.74. The van der Waals surface area contributed by atoms with Gasteiger partial charge in [0, 0.05) is 73.4 Å². The van der Waals surface area contributed by atoms with Crippen LogP contribution in [0, 0.1) is 5.82 Å². The highest BCUT2D eigenvalue weighted by Gasteiger charge is 2.16. The molecular formula is C36H38FN5O2. The first-order valence-corrected chi connectivity index (χ1v) is 15.4. The average Bonchev–Trinajstić information content (AvgIpc) is 3.06. The highest BCUT2D eigenvalue weighted by Crippen LogP contribution is 2.30. The van der Waals surface area contributed by atoms with Crippen LogP contribution in [0.1, 0.15) is 36.0 Å². The molecule has 3 heterocycles. The van der Waals surface area contributed by atoms with Crippen LogP contribution in [0.5, 0.6) is 0 Å². The number of ether oxygens (including phenoxy) is 1. The molecule has 0 amide bonds. The molecule has 226 valence electrons. The molecule has 0 atom stereocenters. The Morgan fingerprint density at radius 1 is 0.909 bits per heavy atom. The van der Waals surface area contributed by atoms with E-state index in [2.05, 4.69) is 63.1 Å². The van der Waals surface area contributed by atoms with Crippen molar-refractivity contribution in [3.8, 4) is 11.3 Å². The van der Waals surface area contributed by atoms with Gasteiger partial charge in [0.1, 0.15) is 5.82 Å². The second-order valence-electron chi connectivity index (χ2n) is 11.4. The number of anilines is 4. The van der Waals surface area contributed by atoms with Gasteiger partial charge in [-0.25, -0.2) is 14.4 Å². The third-order valence-electron chi connectivity index (χ3n) is 8.23. The fourth-order valence-electron chi connectivity index (χ4n) is 5.94. The first-order valence-electron chi connectivity index (χ1n) is 15.4. The van der Waals surface area contributed by atoms with E-state index in [4.69, 9.17) is 9.72 Å².